The first-order chi connectivity index (χ1) is 14.7. The lowest BCUT2D eigenvalue weighted by molar-refractivity contribution is -0.266. The third-order valence-corrected chi connectivity index (χ3v) is 7.25. The molecule has 0 atom stereocenters. The summed E-state index contributed by atoms with van der Waals surface area (Å²) in [5.74, 6) is -0.302. The summed E-state index contributed by atoms with van der Waals surface area (Å²) in [5, 5.41) is 3.84. The molecule has 0 N–H and O–H groups in total. The first-order valence-corrected chi connectivity index (χ1v) is 12.7. The molecular formula is C26H48N2O4. The Balaban J connectivity index is 1.65. The van der Waals surface area contributed by atoms with E-state index in [1.54, 1.807) is 0 Å². The Morgan fingerprint density at radius 1 is 0.562 bits per heavy atom. The van der Waals surface area contributed by atoms with Crippen molar-refractivity contribution in [3.05, 3.63) is 0 Å². The number of rotatable bonds is 9. The fourth-order valence-corrected chi connectivity index (χ4v) is 5.63. The molecule has 0 aromatic heterocycles. The number of piperidine rings is 2. The van der Waals surface area contributed by atoms with E-state index in [4.69, 9.17) is 9.68 Å². The highest BCUT2D eigenvalue weighted by Crippen LogP contribution is 2.39. The average Bonchev–Trinajstić information content (AvgIpc) is 2.63. The van der Waals surface area contributed by atoms with Crippen LogP contribution in [0.3, 0.4) is 0 Å². The lowest BCUT2D eigenvalue weighted by Crippen LogP contribution is -2.58. The molecule has 0 spiro atoms. The normalized spacial score (nSPS) is 24.6. The van der Waals surface area contributed by atoms with Crippen LogP contribution in [0.2, 0.25) is 0 Å². The van der Waals surface area contributed by atoms with Gasteiger partial charge in [-0.15, -0.1) is 10.1 Å². The number of unbranched alkanes of at least 4 members (excludes halogenated alkanes) is 3. The molecule has 0 unspecified atom stereocenters. The van der Waals surface area contributed by atoms with E-state index in [0.717, 1.165) is 64.2 Å². The molecule has 6 heteroatoms. The van der Waals surface area contributed by atoms with Crippen molar-refractivity contribution in [2.24, 2.45) is 0 Å². The summed E-state index contributed by atoms with van der Waals surface area (Å²) in [4.78, 5) is 36.5. The number of carbonyl (C=O) groups is 2. The summed E-state index contributed by atoms with van der Waals surface area (Å²) in [7, 11) is 0. The van der Waals surface area contributed by atoms with Crippen molar-refractivity contribution in [2.45, 2.75) is 155 Å². The van der Waals surface area contributed by atoms with Crippen LogP contribution in [-0.4, -0.2) is 44.2 Å². The molecule has 2 saturated heterocycles. The third-order valence-electron chi connectivity index (χ3n) is 7.25. The van der Waals surface area contributed by atoms with Crippen molar-refractivity contribution >= 4 is 11.9 Å². The van der Waals surface area contributed by atoms with E-state index in [1.807, 2.05) is 10.1 Å². The SMILES string of the molecule is CC1(C)CCCC(C)(C)N1OC(=O)CCCCCCC(=O)ON1C(C)(C)CCCC1(C)C. The molecule has 0 aromatic carbocycles. The van der Waals surface area contributed by atoms with Crippen LogP contribution in [0.1, 0.15) is 132 Å². The predicted octanol–water partition coefficient (Wildman–Crippen LogP) is 6.33. The van der Waals surface area contributed by atoms with Gasteiger partial charge in [-0.05, 0) is 107 Å². The molecule has 2 rings (SSSR count). The largest absolute Gasteiger partial charge is 0.367 e. The molecule has 0 aromatic rings. The van der Waals surface area contributed by atoms with Gasteiger partial charge < -0.3 is 9.68 Å². The van der Waals surface area contributed by atoms with Gasteiger partial charge in [-0.1, -0.05) is 12.8 Å². The fraction of sp³-hybridized carbons (Fsp3) is 0.923. The summed E-state index contributed by atoms with van der Waals surface area (Å²) in [6, 6.07) is 0. The Hall–Kier alpha value is -1.14. The van der Waals surface area contributed by atoms with Crippen LogP contribution in [0, 0.1) is 0 Å². The zero-order valence-corrected chi connectivity index (χ0v) is 22.0. The van der Waals surface area contributed by atoms with E-state index < -0.39 is 0 Å². The fourth-order valence-electron chi connectivity index (χ4n) is 5.63. The molecule has 186 valence electrons. The van der Waals surface area contributed by atoms with Crippen LogP contribution in [0.4, 0.5) is 0 Å². The number of hydrogen-bond donors (Lipinski definition) is 0. The van der Waals surface area contributed by atoms with E-state index in [1.165, 1.54) is 0 Å². The van der Waals surface area contributed by atoms with Gasteiger partial charge in [-0.25, -0.2) is 0 Å². The monoisotopic (exact) mass is 452 g/mol. The second-order valence-electron chi connectivity index (χ2n) is 12.4. The van der Waals surface area contributed by atoms with Gasteiger partial charge in [0.05, 0.1) is 22.2 Å². The minimum absolute atomic E-state index is 0.130. The Morgan fingerprint density at radius 3 is 1.12 bits per heavy atom. The van der Waals surface area contributed by atoms with Gasteiger partial charge >= 0.3 is 11.9 Å². The van der Waals surface area contributed by atoms with Crippen LogP contribution in [0.25, 0.3) is 0 Å². The highest BCUT2D eigenvalue weighted by Gasteiger charge is 2.45. The molecule has 0 amide bonds. The molecule has 2 aliphatic heterocycles. The second kappa shape index (κ2) is 10.4. The van der Waals surface area contributed by atoms with Gasteiger partial charge in [0, 0.05) is 12.8 Å². The summed E-state index contributed by atoms with van der Waals surface area (Å²) in [5.41, 5.74) is -0.519. The molecule has 2 fully saturated rings. The molecule has 2 heterocycles. The summed E-state index contributed by atoms with van der Waals surface area (Å²) >= 11 is 0. The predicted molar refractivity (Wildman–Crippen MR) is 128 cm³/mol. The molecule has 0 saturated carbocycles. The maximum atomic E-state index is 12.4. The Labute approximate surface area is 196 Å². The van der Waals surface area contributed by atoms with Crippen molar-refractivity contribution in [2.75, 3.05) is 0 Å². The smallest absolute Gasteiger partial charge is 0.325 e. The molecule has 0 bridgehead atoms. The van der Waals surface area contributed by atoms with Crippen molar-refractivity contribution in [3.8, 4) is 0 Å². The first-order valence-electron chi connectivity index (χ1n) is 12.7. The average molecular weight is 453 g/mol. The molecular weight excluding hydrogens is 404 g/mol. The molecule has 32 heavy (non-hydrogen) atoms. The van der Waals surface area contributed by atoms with Gasteiger partial charge in [-0.3, -0.25) is 9.59 Å². The summed E-state index contributed by atoms with van der Waals surface area (Å²) in [6.45, 7) is 17.2. The zero-order valence-electron chi connectivity index (χ0n) is 22.0. The summed E-state index contributed by atoms with van der Waals surface area (Å²) in [6.07, 6.45) is 10.7. The van der Waals surface area contributed by atoms with Gasteiger partial charge in [0.2, 0.25) is 0 Å². The number of nitrogens with zero attached hydrogens (tertiary/aromatic N) is 2. The van der Waals surface area contributed by atoms with Crippen LogP contribution in [0.5, 0.6) is 0 Å². The van der Waals surface area contributed by atoms with Crippen molar-refractivity contribution < 1.29 is 19.3 Å². The topological polar surface area (TPSA) is 59.1 Å². The van der Waals surface area contributed by atoms with Crippen LogP contribution in [-0.2, 0) is 19.3 Å². The van der Waals surface area contributed by atoms with Crippen LogP contribution in [0.15, 0.2) is 0 Å². The molecule has 6 nitrogen and oxygen atoms in total. The number of carbonyl (C=O) groups excluding carboxylic acids is 2. The quantitative estimate of drug-likeness (QED) is 0.381. The second-order valence-corrected chi connectivity index (χ2v) is 12.4. The molecule has 0 radical (unpaired) electrons. The van der Waals surface area contributed by atoms with Crippen molar-refractivity contribution in [3.63, 3.8) is 0 Å². The highest BCUT2D eigenvalue weighted by atomic mass is 16.7. The Morgan fingerprint density at radius 2 is 0.844 bits per heavy atom. The van der Waals surface area contributed by atoms with Crippen molar-refractivity contribution in [1.82, 2.24) is 10.1 Å². The zero-order chi connectivity index (χ0) is 24.2. The number of hydroxylamine groups is 4. The van der Waals surface area contributed by atoms with E-state index in [-0.39, 0.29) is 34.1 Å². The minimum Gasteiger partial charge on any atom is -0.367 e. The van der Waals surface area contributed by atoms with Gasteiger partial charge in [0.1, 0.15) is 0 Å². The maximum Gasteiger partial charge on any atom is 0.325 e. The first kappa shape index (κ1) is 27.1. The molecule has 2 aliphatic rings. The van der Waals surface area contributed by atoms with Crippen molar-refractivity contribution in [1.29, 1.82) is 0 Å². The van der Waals surface area contributed by atoms with E-state index in [2.05, 4.69) is 55.4 Å². The molecule has 0 aliphatic carbocycles. The maximum absolute atomic E-state index is 12.4. The standard InChI is InChI=1S/C26H48N2O4/c1-23(2)17-13-18-24(3,4)27(23)31-21(29)15-11-9-10-12-16-22(30)32-28-25(5,6)19-14-20-26(28,7)8/h9-20H2,1-8H3. The van der Waals surface area contributed by atoms with Gasteiger partial charge in [0.15, 0.2) is 0 Å². The lowest BCUT2D eigenvalue weighted by atomic mass is 9.82. The number of hydrogen-bond acceptors (Lipinski definition) is 6. The van der Waals surface area contributed by atoms with E-state index >= 15 is 0 Å². The highest BCUT2D eigenvalue weighted by molar-refractivity contribution is 5.69. The summed E-state index contributed by atoms with van der Waals surface area (Å²) < 4.78 is 0. The minimum atomic E-state index is -0.151. The van der Waals surface area contributed by atoms with Crippen LogP contribution >= 0.6 is 0 Å². The lowest BCUT2D eigenvalue weighted by Gasteiger charge is -2.50. The Bertz CT molecular complexity index is 566. The van der Waals surface area contributed by atoms with E-state index in [0.29, 0.717) is 12.8 Å². The Kier molecular flexibility index (Phi) is 8.82. The van der Waals surface area contributed by atoms with Crippen LogP contribution < -0.4 is 0 Å². The van der Waals surface area contributed by atoms with Gasteiger partial charge in [-0.2, -0.15) is 0 Å². The van der Waals surface area contributed by atoms with E-state index in [9.17, 15) is 9.59 Å². The third kappa shape index (κ3) is 7.18. The van der Waals surface area contributed by atoms with Gasteiger partial charge in [0.25, 0.3) is 0 Å².